The van der Waals surface area contributed by atoms with Crippen molar-refractivity contribution in [2.24, 2.45) is 0 Å². The molecule has 0 radical (unpaired) electrons. The summed E-state index contributed by atoms with van der Waals surface area (Å²) in [4.78, 5) is 14.1. The topological polar surface area (TPSA) is 40.5 Å². The molecule has 0 bridgehead atoms. The summed E-state index contributed by atoms with van der Waals surface area (Å²) < 4.78 is 0. The fraction of sp³-hybridized carbons (Fsp3) is 0.188. The van der Waals surface area contributed by atoms with Crippen molar-refractivity contribution in [1.29, 1.82) is 0 Å². The number of aromatic hydroxyl groups is 1. The van der Waals surface area contributed by atoms with E-state index in [1.807, 2.05) is 37.3 Å². The quantitative estimate of drug-likeness (QED) is 0.912. The SMILES string of the molecule is CCN(Cc1ccccc1)C(=O)c1ccc(O)cc1. The molecular formula is C16H17NO2. The fourth-order valence-corrected chi connectivity index (χ4v) is 1.92. The first-order valence-electron chi connectivity index (χ1n) is 6.33. The largest absolute Gasteiger partial charge is 0.508 e. The van der Waals surface area contributed by atoms with E-state index in [2.05, 4.69) is 0 Å². The molecule has 3 nitrogen and oxygen atoms in total. The molecule has 3 heteroatoms. The van der Waals surface area contributed by atoms with Gasteiger partial charge in [-0.3, -0.25) is 4.79 Å². The lowest BCUT2D eigenvalue weighted by atomic mass is 10.1. The normalized spacial score (nSPS) is 10.2. The van der Waals surface area contributed by atoms with Crippen molar-refractivity contribution in [3.8, 4) is 5.75 Å². The summed E-state index contributed by atoms with van der Waals surface area (Å²) in [5.41, 5.74) is 1.70. The minimum Gasteiger partial charge on any atom is -0.508 e. The summed E-state index contributed by atoms with van der Waals surface area (Å²) in [7, 11) is 0. The van der Waals surface area contributed by atoms with E-state index in [1.54, 1.807) is 17.0 Å². The van der Waals surface area contributed by atoms with Crippen LogP contribution in [0.4, 0.5) is 0 Å². The van der Waals surface area contributed by atoms with Gasteiger partial charge in [-0.25, -0.2) is 0 Å². The van der Waals surface area contributed by atoms with Crippen LogP contribution in [0.5, 0.6) is 5.75 Å². The standard InChI is InChI=1S/C16H17NO2/c1-2-17(12-13-6-4-3-5-7-13)16(19)14-8-10-15(18)11-9-14/h3-11,18H,2,12H2,1H3. The third-order valence-electron chi connectivity index (χ3n) is 3.00. The van der Waals surface area contributed by atoms with E-state index >= 15 is 0 Å². The molecule has 1 amide bonds. The van der Waals surface area contributed by atoms with Crippen LogP contribution in [0.15, 0.2) is 54.6 Å². The summed E-state index contributed by atoms with van der Waals surface area (Å²) in [6.07, 6.45) is 0. The van der Waals surface area contributed by atoms with Crippen LogP contribution in [0.3, 0.4) is 0 Å². The average Bonchev–Trinajstić information content (AvgIpc) is 2.46. The lowest BCUT2D eigenvalue weighted by molar-refractivity contribution is 0.0752. The molecule has 2 rings (SSSR count). The van der Waals surface area contributed by atoms with Gasteiger partial charge >= 0.3 is 0 Å². The Morgan fingerprint density at radius 2 is 1.68 bits per heavy atom. The Hall–Kier alpha value is -2.29. The number of rotatable bonds is 4. The number of hydrogen-bond acceptors (Lipinski definition) is 2. The maximum atomic E-state index is 12.3. The van der Waals surface area contributed by atoms with Gasteiger partial charge in [0.2, 0.25) is 0 Å². The van der Waals surface area contributed by atoms with E-state index in [9.17, 15) is 9.90 Å². The number of phenols is 1. The fourth-order valence-electron chi connectivity index (χ4n) is 1.92. The van der Waals surface area contributed by atoms with Crippen molar-refractivity contribution in [1.82, 2.24) is 4.90 Å². The zero-order valence-electron chi connectivity index (χ0n) is 10.9. The number of nitrogens with zero attached hydrogens (tertiary/aromatic N) is 1. The number of carbonyl (C=O) groups is 1. The second-order valence-electron chi connectivity index (χ2n) is 4.35. The predicted molar refractivity (Wildman–Crippen MR) is 75.0 cm³/mol. The van der Waals surface area contributed by atoms with E-state index in [0.29, 0.717) is 18.7 Å². The van der Waals surface area contributed by atoms with Crippen LogP contribution in [0.25, 0.3) is 0 Å². The molecule has 0 fully saturated rings. The summed E-state index contributed by atoms with van der Waals surface area (Å²) in [6.45, 7) is 3.20. The van der Waals surface area contributed by atoms with Gasteiger partial charge in [-0.05, 0) is 36.8 Å². The molecule has 0 aliphatic carbocycles. The van der Waals surface area contributed by atoms with Crippen molar-refractivity contribution in [3.05, 3.63) is 65.7 Å². The van der Waals surface area contributed by atoms with Crippen molar-refractivity contribution in [2.75, 3.05) is 6.54 Å². The van der Waals surface area contributed by atoms with Crippen molar-refractivity contribution >= 4 is 5.91 Å². The summed E-state index contributed by atoms with van der Waals surface area (Å²) in [6, 6.07) is 16.3. The van der Waals surface area contributed by atoms with Crippen LogP contribution < -0.4 is 0 Å². The highest BCUT2D eigenvalue weighted by Gasteiger charge is 2.14. The number of hydrogen-bond donors (Lipinski definition) is 1. The van der Waals surface area contributed by atoms with Gasteiger partial charge in [0.15, 0.2) is 0 Å². The minimum atomic E-state index is -0.0219. The zero-order valence-corrected chi connectivity index (χ0v) is 10.9. The van der Waals surface area contributed by atoms with Crippen LogP contribution in [0.2, 0.25) is 0 Å². The first-order valence-corrected chi connectivity index (χ1v) is 6.33. The van der Waals surface area contributed by atoms with Gasteiger partial charge in [0.25, 0.3) is 5.91 Å². The van der Waals surface area contributed by atoms with Crippen LogP contribution in [0, 0.1) is 0 Å². The molecule has 2 aromatic rings. The van der Waals surface area contributed by atoms with E-state index in [1.165, 1.54) is 12.1 Å². The van der Waals surface area contributed by atoms with Crippen LogP contribution >= 0.6 is 0 Å². The molecular weight excluding hydrogens is 238 g/mol. The highest BCUT2D eigenvalue weighted by Crippen LogP contribution is 2.13. The zero-order chi connectivity index (χ0) is 13.7. The Bertz CT molecular complexity index is 534. The van der Waals surface area contributed by atoms with E-state index in [4.69, 9.17) is 0 Å². The minimum absolute atomic E-state index is 0.0219. The molecule has 1 N–H and O–H groups in total. The molecule has 98 valence electrons. The van der Waals surface area contributed by atoms with Gasteiger partial charge in [0.1, 0.15) is 5.75 Å². The summed E-state index contributed by atoms with van der Waals surface area (Å²) >= 11 is 0. The molecule has 2 aromatic carbocycles. The van der Waals surface area contributed by atoms with E-state index < -0.39 is 0 Å². The van der Waals surface area contributed by atoms with Gasteiger partial charge in [-0.2, -0.15) is 0 Å². The van der Waals surface area contributed by atoms with Crippen molar-refractivity contribution < 1.29 is 9.90 Å². The summed E-state index contributed by atoms with van der Waals surface area (Å²) in [5.74, 6) is 0.147. The Kier molecular flexibility index (Phi) is 4.18. The lowest BCUT2D eigenvalue weighted by Crippen LogP contribution is -2.30. The highest BCUT2D eigenvalue weighted by atomic mass is 16.3. The van der Waals surface area contributed by atoms with Crippen LogP contribution in [-0.4, -0.2) is 22.5 Å². The first-order chi connectivity index (χ1) is 9.20. The van der Waals surface area contributed by atoms with Crippen molar-refractivity contribution in [3.63, 3.8) is 0 Å². The van der Waals surface area contributed by atoms with Crippen LogP contribution in [0.1, 0.15) is 22.8 Å². The summed E-state index contributed by atoms with van der Waals surface area (Å²) in [5, 5.41) is 9.24. The molecule has 19 heavy (non-hydrogen) atoms. The number of benzene rings is 2. The Morgan fingerprint density at radius 3 is 2.26 bits per heavy atom. The molecule has 0 atom stereocenters. The number of carbonyl (C=O) groups excluding carboxylic acids is 1. The van der Waals surface area contributed by atoms with Gasteiger partial charge in [0, 0.05) is 18.7 Å². The van der Waals surface area contributed by atoms with Gasteiger partial charge < -0.3 is 10.0 Å². The van der Waals surface area contributed by atoms with Gasteiger partial charge in [-0.15, -0.1) is 0 Å². The van der Waals surface area contributed by atoms with Crippen molar-refractivity contribution in [2.45, 2.75) is 13.5 Å². The predicted octanol–water partition coefficient (Wildman–Crippen LogP) is 3.05. The molecule has 0 saturated heterocycles. The molecule has 0 spiro atoms. The van der Waals surface area contributed by atoms with Gasteiger partial charge in [0.05, 0.1) is 0 Å². The van der Waals surface area contributed by atoms with E-state index in [0.717, 1.165) is 5.56 Å². The molecule has 0 aliphatic rings. The Morgan fingerprint density at radius 1 is 1.05 bits per heavy atom. The molecule has 0 aromatic heterocycles. The second kappa shape index (κ2) is 6.05. The van der Waals surface area contributed by atoms with E-state index in [-0.39, 0.29) is 11.7 Å². The monoisotopic (exact) mass is 255 g/mol. The lowest BCUT2D eigenvalue weighted by Gasteiger charge is -2.21. The average molecular weight is 255 g/mol. The molecule has 0 unspecified atom stereocenters. The van der Waals surface area contributed by atoms with Gasteiger partial charge in [-0.1, -0.05) is 30.3 Å². The maximum absolute atomic E-state index is 12.3. The smallest absolute Gasteiger partial charge is 0.254 e. The third kappa shape index (κ3) is 3.35. The second-order valence-corrected chi connectivity index (χ2v) is 4.35. The number of amides is 1. The maximum Gasteiger partial charge on any atom is 0.254 e. The molecule has 0 heterocycles. The molecule has 0 saturated carbocycles. The Balaban J connectivity index is 2.13. The molecule has 0 aliphatic heterocycles. The first kappa shape index (κ1) is 13.1. The number of phenolic OH excluding ortho intramolecular Hbond substituents is 1. The Labute approximate surface area is 113 Å². The third-order valence-corrected chi connectivity index (χ3v) is 3.00. The highest BCUT2D eigenvalue weighted by molar-refractivity contribution is 5.94. The van der Waals surface area contributed by atoms with Crippen LogP contribution in [-0.2, 0) is 6.54 Å².